The van der Waals surface area contributed by atoms with Gasteiger partial charge in [0.2, 0.25) is 0 Å². The molecule has 1 N–H and O–H groups in total. The number of ether oxygens (including phenoxy) is 1. The number of halogens is 2. The largest absolute Gasteiger partial charge is 0.497 e. The molecule has 0 bridgehead atoms. The van der Waals surface area contributed by atoms with Gasteiger partial charge in [0.25, 0.3) is 0 Å². The first-order valence-corrected chi connectivity index (χ1v) is 4.50. The maximum absolute atomic E-state index is 13.5. The normalized spacial score (nSPS) is 11.6. The van der Waals surface area contributed by atoms with Crippen LogP contribution >= 0.6 is 11.6 Å². The molecule has 0 aliphatic rings. The van der Waals surface area contributed by atoms with Gasteiger partial charge in [-0.25, -0.2) is 4.39 Å². The fourth-order valence-electron chi connectivity index (χ4n) is 1.13. The average Bonchev–Trinajstić information content (AvgIpc) is 2.07. The summed E-state index contributed by atoms with van der Waals surface area (Å²) in [4.78, 5) is 0. The van der Waals surface area contributed by atoms with Gasteiger partial charge in [0.1, 0.15) is 11.6 Å². The van der Waals surface area contributed by atoms with Crippen molar-refractivity contribution in [1.82, 2.24) is 0 Å². The standard InChI is InChI=1S/C10H12ClFO2/c1-10(2,13)7-4-6(14-3)5-8(11)9(7)12/h4-5,13H,1-3H3. The van der Waals surface area contributed by atoms with Crippen LogP contribution in [0.15, 0.2) is 12.1 Å². The van der Waals surface area contributed by atoms with Crippen molar-refractivity contribution in [3.63, 3.8) is 0 Å². The average molecular weight is 219 g/mol. The smallest absolute Gasteiger partial charge is 0.148 e. The molecule has 0 spiro atoms. The number of hydrogen-bond acceptors (Lipinski definition) is 2. The zero-order valence-corrected chi connectivity index (χ0v) is 9.02. The Kier molecular flexibility index (Phi) is 3.02. The Morgan fingerprint density at radius 1 is 1.43 bits per heavy atom. The maximum Gasteiger partial charge on any atom is 0.148 e. The third kappa shape index (κ3) is 2.16. The van der Waals surface area contributed by atoms with Crippen molar-refractivity contribution in [2.75, 3.05) is 7.11 Å². The second-order valence-corrected chi connectivity index (χ2v) is 3.94. The summed E-state index contributed by atoms with van der Waals surface area (Å²) in [7, 11) is 1.46. The molecule has 0 fully saturated rings. The molecular formula is C10H12ClFO2. The van der Waals surface area contributed by atoms with Gasteiger partial charge in [-0.05, 0) is 19.9 Å². The first-order chi connectivity index (χ1) is 6.36. The highest BCUT2D eigenvalue weighted by Crippen LogP contribution is 2.31. The van der Waals surface area contributed by atoms with Crippen LogP contribution in [-0.4, -0.2) is 12.2 Å². The third-order valence-corrected chi connectivity index (χ3v) is 2.17. The van der Waals surface area contributed by atoms with Crippen molar-refractivity contribution in [2.24, 2.45) is 0 Å². The summed E-state index contributed by atoms with van der Waals surface area (Å²) in [5.41, 5.74) is -1.15. The van der Waals surface area contributed by atoms with Gasteiger partial charge in [0.05, 0.1) is 17.7 Å². The van der Waals surface area contributed by atoms with E-state index in [4.69, 9.17) is 16.3 Å². The molecule has 0 amide bonds. The molecule has 1 aromatic rings. The lowest BCUT2D eigenvalue weighted by molar-refractivity contribution is 0.0743. The van der Waals surface area contributed by atoms with Gasteiger partial charge < -0.3 is 9.84 Å². The SMILES string of the molecule is COc1cc(Cl)c(F)c(C(C)(C)O)c1. The molecule has 1 aromatic carbocycles. The van der Waals surface area contributed by atoms with Crippen molar-refractivity contribution in [2.45, 2.75) is 19.4 Å². The lowest BCUT2D eigenvalue weighted by Crippen LogP contribution is -2.17. The third-order valence-electron chi connectivity index (χ3n) is 1.90. The Morgan fingerprint density at radius 3 is 2.43 bits per heavy atom. The summed E-state index contributed by atoms with van der Waals surface area (Å²) in [6, 6.07) is 2.80. The van der Waals surface area contributed by atoms with E-state index in [0.717, 1.165) is 0 Å². The van der Waals surface area contributed by atoms with Crippen molar-refractivity contribution in [1.29, 1.82) is 0 Å². The van der Waals surface area contributed by atoms with Gasteiger partial charge in [-0.15, -0.1) is 0 Å². The van der Waals surface area contributed by atoms with Gasteiger partial charge in [0, 0.05) is 11.6 Å². The summed E-state index contributed by atoms with van der Waals surface area (Å²) in [5, 5.41) is 9.61. The van der Waals surface area contributed by atoms with Gasteiger partial charge in [-0.2, -0.15) is 0 Å². The number of rotatable bonds is 2. The Balaban J connectivity index is 3.35. The van der Waals surface area contributed by atoms with Crippen LogP contribution < -0.4 is 4.74 Å². The monoisotopic (exact) mass is 218 g/mol. The number of benzene rings is 1. The Hall–Kier alpha value is -0.800. The van der Waals surface area contributed by atoms with E-state index in [0.29, 0.717) is 5.75 Å². The summed E-state index contributed by atoms with van der Waals surface area (Å²) >= 11 is 5.64. The molecule has 0 unspecified atom stereocenters. The molecule has 0 radical (unpaired) electrons. The molecular weight excluding hydrogens is 207 g/mol. The van der Waals surface area contributed by atoms with E-state index in [1.165, 1.54) is 33.1 Å². The lowest BCUT2D eigenvalue weighted by Gasteiger charge is -2.19. The van der Waals surface area contributed by atoms with Gasteiger partial charge >= 0.3 is 0 Å². The molecule has 0 aliphatic heterocycles. The quantitative estimate of drug-likeness (QED) is 0.827. The predicted octanol–water partition coefficient (Wildman–Crippen LogP) is 2.72. The van der Waals surface area contributed by atoms with E-state index in [9.17, 15) is 9.50 Å². The van der Waals surface area contributed by atoms with Crippen molar-refractivity contribution < 1.29 is 14.2 Å². The van der Waals surface area contributed by atoms with Crippen molar-refractivity contribution in [3.8, 4) is 5.75 Å². The van der Waals surface area contributed by atoms with Gasteiger partial charge in [-0.3, -0.25) is 0 Å². The summed E-state index contributed by atoms with van der Waals surface area (Å²) in [6.45, 7) is 2.97. The predicted molar refractivity (Wildman–Crippen MR) is 53.2 cm³/mol. The molecule has 1 rings (SSSR count). The van der Waals surface area contributed by atoms with E-state index >= 15 is 0 Å². The molecule has 0 aromatic heterocycles. The Labute approximate surface area is 87.3 Å². The Morgan fingerprint density at radius 2 is 2.00 bits per heavy atom. The molecule has 4 heteroatoms. The Bertz CT molecular complexity index is 345. The van der Waals surface area contributed by atoms with Crippen LogP contribution in [0.3, 0.4) is 0 Å². The van der Waals surface area contributed by atoms with E-state index in [-0.39, 0.29) is 10.6 Å². The van der Waals surface area contributed by atoms with Crippen molar-refractivity contribution in [3.05, 3.63) is 28.5 Å². The number of hydrogen-bond donors (Lipinski definition) is 1. The molecule has 14 heavy (non-hydrogen) atoms. The van der Waals surface area contributed by atoms with Crippen LogP contribution in [-0.2, 0) is 5.60 Å². The minimum absolute atomic E-state index is 0.0542. The molecule has 0 aliphatic carbocycles. The number of aliphatic hydroxyl groups is 1. The van der Waals surface area contributed by atoms with E-state index in [1.807, 2.05) is 0 Å². The van der Waals surface area contributed by atoms with Crippen LogP contribution in [0.2, 0.25) is 5.02 Å². The van der Waals surface area contributed by atoms with Crippen LogP contribution in [0.5, 0.6) is 5.75 Å². The molecule has 78 valence electrons. The maximum atomic E-state index is 13.5. The minimum atomic E-state index is -1.28. The fraction of sp³-hybridized carbons (Fsp3) is 0.400. The van der Waals surface area contributed by atoms with E-state index < -0.39 is 11.4 Å². The van der Waals surface area contributed by atoms with Crippen LogP contribution in [0.1, 0.15) is 19.4 Å². The molecule has 0 atom stereocenters. The molecule has 2 nitrogen and oxygen atoms in total. The topological polar surface area (TPSA) is 29.5 Å². The first-order valence-electron chi connectivity index (χ1n) is 4.12. The zero-order valence-electron chi connectivity index (χ0n) is 8.27. The number of methoxy groups -OCH3 is 1. The second kappa shape index (κ2) is 3.75. The fourth-order valence-corrected chi connectivity index (χ4v) is 1.34. The zero-order chi connectivity index (χ0) is 10.9. The highest BCUT2D eigenvalue weighted by molar-refractivity contribution is 6.31. The van der Waals surface area contributed by atoms with Crippen LogP contribution in [0.25, 0.3) is 0 Å². The molecule has 0 saturated carbocycles. The highest BCUT2D eigenvalue weighted by Gasteiger charge is 2.23. The van der Waals surface area contributed by atoms with Gasteiger partial charge in [-0.1, -0.05) is 11.6 Å². The highest BCUT2D eigenvalue weighted by atomic mass is 35.5. The summed E-state index contributed by atoms with van der Waals surface area (Å²) in [5.74, 6) is -0.187. The first kappa shape index (κ1) is 11.3. The minimum Gasteiger partial charge on any atom is -0.497 e. The second-order valence-electron chi connectivity index (χ2n) is 3.53. The van der Waals surface area contributed by atoms with Crippen LogP contribution in [0, 0.1) is 5.82 Å². The van der Waals surface area contributed by atoms with E-state index in [2.05, 4.69) is 0 Å². The molecule has 0 saturated heterocycles. The summed E-state index contributed by atoms with van der Waals surface area (Å²) in [6.07, 6.45) is 0. The van der Waals surface area contributed by atoms with Crippen molar-refractivity contribution >= 4 is 11.6 Å². The van der Waals surface area contributed by atoms with Gasteiger partial charge in [0.15, 0.2) is 0 Å². The molecule has 0 heterocycles. The van der Waals surface area contributed by atoms with E-state index in [1.54, 1.807) is 0 Å². The lowest BCUT2D eigenvalue weighted by atomic mass is 9.97. The summed E-state index contributed by atoms with van der Waals surface area (Å²) < 4.78 is 18.4. The van der Waals surface area contributed by atoms with Crippen LogP contribution in [0.4, 0.5) is 4.39 Å².